The molecule has 0 fully saturated rings. The van der Waals surface area contributed by atoms with Gasteiger partial charge in [-0.2, -0.15) is 5.10 Å². The third kappa shape index (κ3) is 4.18. The van der Waals surface area contributed by atoms with Crippen molar-refractivity contribution >= 4 is 17.9 Å². The molecule has 0 radical (unpaired) electrons. The fraction of sp³-hybridized carbons (Fsp3) is 0.176. The van der Waals surface area contributed by atoms with Crippen LogP contribution in [0.15, 0.2) is 53.6 Å². The lowest BCUT2D eigenvalue weighted by molar-refractivity contribution is 0.0697. The first-order valence-electron chi connectivity index (χ1n) is 6.78. The molecule has 0 aliphatic carbocycles. The Balaban J connectivity index is 2.02. The van der Waals surface area contributed by atoms with Crippen molar-refractivity contribution in [2.45, 2.75) is 19.8 Å². The summed E-state index contributed by atoms with van der Waals surface area (Å²) in [4.78, 5) is 10.9. The van der Waals surface area contributed by atoms with E-state index in [0.717, 1.165) is 5.56 Å². The van der Waals surface area contributed by atoms with Gasteiger partial charge in [-0.3, -0.25) is 5.43 Å². The number of carboxylic acid groups (broad SMARTS) is 1. The Morgan fingerprint density at radius 3 is 2.52 bits per heavy atom. The van der Waals surface area contributed by atoms with E-state index in [1.165, 1.54) is 5.56 Å². The van der Waals surface area contributed by atoms with Crippen LogP contribution in [0.1, 0.15) is 41.3 Å². The molecular formula is C17H18N2O2. The molecule has 4 heteroatoms. The van der Waals surface area contributed by atoms with Crippen molar-refractivity contribution in [3.8, 4) is 0 Å². The largest absolute Gasteiger partial charge is 0.478 e. The van der Waals surface area contributed by atoms with Crippen LogP contribution < -0.4 is 5.43 Å². The number of aromatic carboxylic acids is 1. The Morgan fingerprint density at radius 2 is 1.90 bits per heavy atom. The highest BCUT2D eigenvalue weighted by molar-refractivity contribution is 5.88. The molecule has 2 rings (SSSR count). The van der Waals surface area contributed by atoms with Gasteiger partial charge in [-0.05, 0) is 35.2 Å². The Bertz CT molecular complexity index is 646. The normalized spacial score (nSPS) is 11.0. The molecule has 0 aliphatic rings. The molecule has 0 spiro atoms. The minimum absolute atomic E-state index is 0.233. The number of carboxylic acids is 1. The predicted octanol–water partition coefficient (Wildman–Crippen LogP) is 3.95. The standard InChI is InChI=1S/C17H18N2O2/c1-12(2)14-8-6-13(7-9-14)11-18-19-16-5-3-4-15(10-16)17(20)21/h3-12,19H,1-2H3,(H,20,21)/b18-11+. The van der Waals surface area contributed by atoms with E-state index in [0.29, 0.717) is 11.6 Å². The Kier molecular flexibility index (Phi) is 4.72. The monoisotopic (exact) mass is 282 g/mol. The number of hydrogen-bond acceptors (Lipinski definition) is 3. The number of hydrogen-bond donors (Lipinski definition) is 2. The second-order valence-electron chi connectivity index (χ2n) is 5.08. The van der Waals surface area contributed by atoms with Gasteiger partial charge in [-0.15, -0.1) is 0 Å². The molecule has 0 aromatic heterocycles. The third-order valence-corrected chi connectivity index (χ3v) is 3.12. The molecule has 2 aromatic rings. The zero-order chi connectivity index (χ0) is 15.2. The van der Waals surface area contributed by atoms with Crippen molar-refractivity contribution in [2.75, 3.05) is 5.43 Å². The number of carbonyl (C=O) groups is 1. The summed E-state index contributed by atoms with van der Waals surface area (Å²) < 4.78 is 0. The average molecular weight is 282 g/mol. The molecule has 4 nitrogen and oxygen atoms in total. The first-order valence-corrected chi connectivity index (χ1v) is 6.78. The van der Waals surface area contributed by atoms with Crippen molar-refractivity contribution in [3.05, 3.63) is 65.2 Å². The minimum atomic E-state index is -0.952. The van der Waals surface area contributed by atoms with Gasteiger partial charge in [0, 0.05) is 0 Å². The fourth-order valence-electron chi connectivity index (χ4n) is 1.87. The zero-order valence-corrected chi connectivity index (χ0v) is 12.1. The minimum Gasteiger partial charge on any atom is -0.478 e. The number of hydrazone groups is 1. The summed E-state index contributed by atoms with van der Waals surface area (Å²) in [6, 6.07) is 14.7. The van der Waals surface area contributed by atoms with Gasteiger partial charge >= 0.3 is 5.97 Å². The molecule has 0 bridgehead atoms. The Hall–Kier alpha value is -2.62. The summed E-state index contributed by atoms with van der Waals surface area (Å²) in [6.45, 7) is 4.31. The maximum atomic E-state index is 10.9. The van der Waals surface area contributed by atoms with E-state index in [2.05, 4.69) is 36.5 Å². The van der Waals surface area contributed by atoms with Gasteiger partial charge in [0.15, 0.2) is 0 Å². The summed E-state index contributed by atoms with van der Waals surface area (Å²) >= 11 is 0. The van der Waals surface area contributed by atoms with Gasteiger partial charge in [0.2, 0.25) is 0 Å². The van der Waals surface area contributed by atoms with Crippen LogP contribution in [-0.4, -0.2) is 17.3 Å². The van der Waals surface area contributed by atoms with Crippen molar-refractivity contribution in [1.82, 2.24) is 0 Å². The third-order valence-electron chi connectivity index (χ3n) is 3.12. The highest BCUT2D eigenvalue weighted by Crippen LogP contribution is 2.14. The molecule has 108 valence electrons. The van der Waals surface area contributed by atoms with Crippen LogP contribution in [0.2, 0.25) is 0 Å². The van der Waals surface area contributed by atoms with Crippen molar-refractivity contribution in [1.29, 1.82) is 0 Å². The lowest BCUT2D eigenvalue weighted by atomic mass is 10.0. The molecule has 0 amide bonds. The smallest absolute Gasteiger partial charge is 0.335 e. The molecule has 2 aromatic carbocycles. The van der Waals surface area contributed by atoms with Gasteiger partial charge < -0.3 is 5.11 Å². The second kappa shape index (κ2) is 6.70. The van der Waals surface area contributed by atoms with E-state index < -0.39 is 5.97 Å². The predicted molar refractivity (Wildman–Crippen MR) is 85.1 cm³/mol. The van der Waals surface area contributed by atoms with Crippen molar-refractivity contribution < 1.29 is 9.90 Å². The van der Waals surface area contributed by atoms with Crippen molar-refractivity contribution in [2.24, 2.45) is 5.10 Å². The molecule has 0 saturated heterocycles. The van der Waals surface area contributed by atoms with Crippen molar-refractivity contribution in [3.63, 3.8) is 0 Å². The number of benzene rings is 2. The number of nitrogens with one attached hydrogen (secondary N) is 1. The molecule has 2 N–H and O–H groups in total. The lowest BCUT2D eigenvalue weighted by Gasteiger charge is -2.04. The van der Waals surface area contributed by atoms with Crippen LogP contribution in [0.5, 0.6) is 0 Å². The second-order valence-corrected chi connectivity index (χ2v) is 5.08. The maximum Gasteiger partial charge on any atom is 0.335 e. The Morgan fingerprint density at radius 1 is 1.19 bits per heavy atom. The molecule has 0 unspecified atom stereocenters. The van der Waals surface area contributed by atoms with Crippen LogP contribution in [0.25, 0.3) is 0 Å². The van der Waals surface area contributed by atoms with Gasteiger partial charge in [-0.25, -0.2) is 4.79 Å². The SMILES string of the molecule is CC(C)c1ccc(/C=N/Nc2cccc(C(=O)O)c2)cc1. The van der Waals surface area contributed by atoms with E-state index in [1.807, 2.05) is 12.1 Å². The fourth-order valence-corrected chi connectivity index (χ4v) is 1.87. The van der Waals surface area contributed by atoms with Crippen LogP contribution in [-0.2, 0) is 0 Å². The first-order chi connectivity index (χ1) is 10.1. The van der Waals surface area contributed by atoms with Gasteiger partial charge in [-0.1, -0.05) is 44.2 Å². The lowest BCUT2D eigenvalue weighted by Crippen LogP contribution is -1.97. The quantitative estimate of drug-likeness (QED) is 0.644. The first kappa shape index (κ1) is 14.8. The van der Waals surface area contributed by atoms with Crippen LogP contribution >= 0.6 is 0 Å². The van der Waals surface area contributed by atoms with E-state index in [9.17, 15) is 4.79 Å². The van der Waals surface area contributed by atoms with E-state index in [4.69, 9.17) is 5.11 Å². The van der Waals surface area contributed by atoms with Gasteiger partial charge in [0.05, 0.1) is 17.5 Å². The summed E-state index contributed by atoms with van der Waals surface area (Å²) in [5.41, 5.74) is 5.98. The maximum absolute atomic E-state index is 10.9. The molecule has 0 atom stereocenters. The van der Waals surface area contributed by atoms with E-state index >= 15 is 0 Å². The molecular weight excluding hydrogens is 264 g/mol. The topological polar surface area (TPSA) is 61.7 Å². The summed E-state index contributed by atoms with van der Waals surface area (Å²) in [6.07, 6.45) is 1.71. The molecule has 0 saturated carbocycles. The molecule has 21 heavy (non-hydrogen) atoms. The summed E-state index contributed by atoms with van der Waals surface area (Å²) in [5.74, 6) is -0.445. The van der Waals surface area contributed by atoms with Crippen LogP contribution in [0.4, 0.5) is 5.69 Å². The Labute approximate surface area is 124 Å². The van der Waals surface area contributed by atoms with E-state index in [1.54, 1.807) is 30.5 Å². The summed E-state index contributed by atoms with van der Waals surface area (Å²) in [7, 11) is 0. The van der Waals surface area contributed by atoms with Gasteiger partial charge in [0.1, 0.15) is 0 Å². The van der Waals surface area contributed by atoms with Crippen LogP contribution in [0, 0.1) is 0 Å². The molecule has 0 aliphatic heterocycles. The number of anilines is 1. The number of rotatable bonds is 5. The van der Waals surface area contributed by atoms with E-state index in [-0.39, 0.29) is 5.56 Å². The van der Waals surface area contributed by atoms with Gasteiger partial charge in [0.25, 0.3) is 0 Å². The molecule has 0 heterocycles. The number of nitrogens with zero attached hydrogens (tertiary/aromatic N) is 1. The highest BCUT2D eigenvalue weighted by Gasteiger charge is 2.02. The average Bonchev–Trinajstić information content (AvgIpc) is 2.48. The zero-order valence-electron chi connectivity index (χ0n) is 12.1. The highest BCUT2D eigenvalue weighted by atomic mass is 16.4. The summed E-state index contributed by atoms with van der Waals surface area (Å²) in [5, 5.41) is 13.0. The van der Waals surface area contributed by atoms with Crippen LogP contribution in [0.3, 0.4) is 0 Å².